The summed E-state index contributed by atoms with van der Waals surface area (Å²) in [7, 11) is 0. The summed E-state index contributed by atoms with van der Waals surface area (Å²) in [5, 5.41) is 2.92. The summed E-state index contributed by atoms with van der Waals surface area (Å²) in [4.78, 5) is 15.8. The molecular formula is C15H20F3N3O2. The minimum absolute atomic E-state index is 0.0255. The lowest BCUT2D eigenvalue weighted by molar-refractivity contribution is -0.141. The third-order valence-electron chi connectivity index (χ3n) is 4.66. The maximum absolute atomic E-state index is 12.7. The molecule has 1 N–H and O–H groups in total. The molecule has 0 radical (unpaired) electrons. The number of hydrogen-bond donors (Lipinski definition) is 1. The second-order valence-electron chi connectivity index (χ2n) is 6.31. The fourth-order valence-corrected chi connectivity index (χ4v) is 3.27. The summed E-state index contributed by atoms with van der Waals surface area (Å²) in [6.07, 6.45) is -1.47. The van der Waals surface area contributed by atoms with Gasteiger partial charge in [0.25, 0.3) is 0 Å². The molecule has 2 aliphatic rings. The molecule has 0 aliphatic carbocycles. The van der Waals surface area contributed by atoms with E-state index in [2.05, 4.69) is 10.3 Å². The Hall–Kier alpha value is -1.57. The molecule has 3 rings (SSSR count). The molecule has 0 aromatic carbocycles. The Bertz CT molecular complexity index is 585. The number of carbonyl (C=O) groups is 1. The van der Waals surface area contributed by atoms with Gasteiger partial charge in [-0.25, -0.2) is 4.98 Å². The molecule has 1 saturated heterocycles. The highest BCUT2D eigenvalue weighted by atomic mass is 19.4. The second kappa shape index (κ2) is 6.14. The van der Waals surface area contributed by atoms with E-state index in [4.69, 9.17) is 4.74 Å². The summed E-state index contributed by atoms with van der Waals surface area (Å²) >= 11 is 0. The van der Waals surface area contributed by atoms with Gasteiger partial charge >= 0.3 is 6.18 Å². The van der Waals surface area contributed by atoms with Gasteiger partial charge in [0, 0.05) is 32.3 Å². The molecule has 1 fully saturated rings. The molecular weight excluding hydrogens is 311 g/mol. The van der Waals surface area contributed by atoms with Crippen LogP contribution in [0.25, 0.3) is 0 Å². The zero-order valence-electron chi connectivity index (χ0n) is 12.9. The number of alkyl halides is 3. The van der Waals surface area contributed by atoms with Gasteiger partial charge in [0.2, 0.25) is 5.91 Å². The molecule has 3 heterocycles. The van der Waals surface area contributed by atoms with Crippen molar-refractivity contribution in [2.24, 2.45) is 11.8 Å². The molecule has 0 unspecified atom stereocenters. The number of hydrogen-bond acceptors (Lipinski definition) is 3. The molecule has 23 heavy (non-hydrogen) atoms. The molecule has 2 aliphatic heterocycles. The zero-order chi connectivity index (χ0) is 16.6. The highest BCUT2D eigenvalue weighted by molar-refractivity contribution is 5.79. The molecule has 5 nitrogen and oxygen atoms in total. The van der Waals surface area contributed by atoms with Crippen molar-refractivity contribution in [1.29, 1.82) is 0 Å². The van der Waals surface area contributed by atoms with Gasteiger partial charge in [0.1, 0.15) is 5.82 Å². The van der Waals surface area contributed by atoms with Crippen molar-refractivity contribution in [2.45, 2.75) is 45.0 Å². The van der Waals surface area contributed by atoms with Crippen LogP contribution in [0.4, 0.5) is 13.2 Å². The molecule has 1 aromatic rings. The monoisotopic (exact) mass is 331 g/mol. The largest absolute Gasteiger partial charge is 0.434 e. The Morgan fingerprint density at radius 2 is 2.26 bits per heavy atom. The fraction of sp³-hybridized carbons (Fsp3) is 0.733. The number of ether oxygens (including phenoxy) is 1. The molecule has 0 saturated carbocycles. The SMILES string of the molecule is C[C@@H]1OCC[C@H]1C(=O)NC[C@H]1CCc2nc(C(F)(F)F)cn2C1. The number of carbonyl (C=O) groups excluding carboxylic acids is 1. The maximum atomic E-state index is 12.7. The van der Waals surface area contributed by atoms with Gasteiger partial charge in [-0.2, -0.15) is 13.2 Å². The number of aromatic nitrogens is 2. The number of fused-ring (bicyclic) bond motifs is 1. The van der Waals surface area contributed by atoms with Gasteiger partial charge in [-0.3, -0.25) is 4.79 Å². The van der Waals surface area contributed by atoms with E-state index in [9.17, 15) is 18.0 Å². The van der Waals surface area contributed by atoms with Gasteiger partial charge in [-0.15, -0.1) is 0 Å². The first-order chi connectivity index (χ1) is 10.8. The van der Waals surface area contributed by atoms with Crippen molar-refractivity contribution in [3.05, 3.63) is 17.7 Å². The van der Waals surface area contributed by atoms with Crippen LogP contribution in [-0.2, 0) is 28.7 Å². The van der Waals surface area contributed by atoms with Crippen molar-refractivity contribution in [3.63, 3.8) is 0 Å². The molecule has 128 valence electrons. The standard InChI is InChI=1S/C15H20F3N3O2/c1-9-11(4-5-23-9)14(22)19-6-10-2-3-13-20-12(15(16,17)18)8-21(13)7-10/h8-11H,2-7H2,1H3,(H,19,22)/t9-,10+,11+/m0/s1. The van der Waals surface area contributed by atoms with Crippen LogP contribution < -0.4 is 5.32 Å². The molecule has 0 bridgehead atoms. The van der Waals surface area contributed by atoms with Crippen molar-refractivity contribution in [1.82, 2.24) is 14.9 Å². The topological polar surface area (TPSA) is 56.1 Å². The van der Waals surface area contributed by atoms with E-state index < -0.39 is 11.9 Å². The van der Waals surface area contributed by atoms with E-state index in [1.807, 2.05) is 6.92 Å². The summed E-state index contributed by atoms with van der Waals surface area (Å²) in [6.45, 7) is 3.41. The van der Waals surface area contributed by atoms with Gasteiger partial charge in [-0.1, -0.05) is 0 Å². The van der Waals surface area contributed by atoms with Crippen LogP contribution in [0.1, 0.15) is 31.3 Å². The summed E-state index contributed by atoms with van der Waals surface area (Å²) in [6, 6.07) is 0. The molecule has 1 aromatic heterocycles. The van der Waals surface area contributed by atoms with Crippen molar-refractivity contribution < 1.29 is 22.7 Å². The third-order valence-corrected chi connectivity index (χ3v) is 4.66. The Kier molecular flexibility index (Phi) is 4.35. The first-order valence-electron chi connectivity index (χ1n) is 7.87. The third kappa shape index (κ3) is 3.52. The smallest absolute Gasteiger partial charge is 0.378 e. The van der Waals surface area contributed by atoms with Gasteiger partial charge in [-0.05, 0) is 25.7 Å². The average Bonchev–Trinajstić information content (AvgIpc) is 3.09. The van der Waals surface area contributed by atoms with Gasteiger partial charge < -0.3 is 14.6 Å². The Balaban J connectivity index is 1.55. The first kappa shape index (κ1) is 16.3. The molecule has 8 heteroatoms. The molecule has 1 amide bonds. The Morgan fingerprint density at radius 3 is 2.91 bits per heavy atom. The minimum atomic E-state index is -4.41. The average molecular weight is 331 g/mol. The summed E-state index contributed by atoms with van der Waals surface area (Å²) in [5.74, 6) is 0.443. The summed E-state index contributed by atoms with van der Waals surface area (Å²) in [5.41, 5.74) is -0.839. The second-order valence-corrected chi connectivity index (χ2v) is 6.31. The number of nitrogens with zero attached hydrogens (tertiary/aromatic N) is 2. The van der Waals surface area contributed by atoms with Crippen molar-refractivity contribution >= 4 is 5.91 Å². The van der Waals surface area contributed by atoms with Crippen molar-refractivity contribution in [2.75, 3.05) is 13.2 Å². The zero-order valence-corrected chi connectivity index (χ0v) is 12.9. The lowest BCUT2D eigenvalue weighted by Gasteiger charge is -2.24. The Labute approximate surface area is 132 Å². The van der Waals surface area contributed by atoms with Crippen LogP contribution >= 0.6 is 0 Å². The van der Waals surface area contributed by atoms with E-state index in [0.29, 0.717) is 31.9 Å². The lowest BCUT2D eigenvalue weighted by Crippen LogP contribution is -2.38. The number of aryl methyl sites for hydroxylation is 1. The van der Waals surface area contributed by atoms with Gasteiger partial charge in [0.05, 0.1) is 12.0 Å². The van der Waals surface area contributed by atoms with Crippen LogP contribution in [0, 0.1) is 11.8 Å². The van der Waals surface area contributed by atoms with Crippen LogP contribution in [0.15, 0.2) is 6.20 Å². The quantitative estimate of drug-likeness (QED) is 0.922. The van der Waals surface area contributed by atoms with E-state index in [-0.39, 0.29) is 23.8 Å². The van der Waals surface area contributed by atoms with E-state index in [1.165, 1.54) is 0 Å². The normalized spacial score (nSPS) is 27.7. The summed E-state index contributed by atoms with van der Waals surface area (Å²) < 4.78 is 45.0. The highest BCUT2D eigenvalue weighted by Crippen LogP contribution is 2.30. The number of nitrogens with one attached hydrogen (secondary N) is 1. The number of imidazole rings is 1. The fourth-order valence-electron chi connectivity index (χ4n) is 3.27. The van der Waals surface area contributed by atoms with E-state index >= 15 is 0 Å². The number of halogens is 3. The van der Waals surface area contributed by atoms with E-state index in [1.54, 1.807) is 4.57 Å². The molecule has 0 spiro atoms. The lowest BCUT2D eigenvalue weighted by atomic mass is 9.98. The molecule has 3 atom stereocenters. The van der Waals surface area contributed by atoms with Gasteiger partial charge in [0.15, 0.2) is 5.69 Å². The number of rotatable bonds is 3. The maximum Gasteiger partial charge on any atom is 0.434 e. The first-order valence-corrected chi connectivity index (χ1v) is 7.87. The minimum Gasteiger partial charge on any atom is -0.378 e. The van der Waals surface area contributed by atoms with Crippen LogP contribution in [0.2, 0.25) is 0 Å². The number of amides is 1. The van der Waals surface area contributed by atoms with Crippen molar-refractivity contribution in [3.8, 4) is 0 Å². The predicted octanol–water partition coefficient (Wildman–Crippen LogP) is 2.01. The van der Waals surface area contributed by atoms with Crippen LogP contribution in [0.5, 0.6) is 0 Å². The van der Waals surface area contributed by atoms with Crippen LogP contribution in [0.3, 0.4) is 0 Å². The highest BCUT2D eigenvalue weighted by Gasteiger charge is 2.36. The predicted molar refractivity (Wildman–Crippen MR) is 75.6 cm³/mol. The van der Waals surface area contributed by atoms with E-state index in [0.717, 1.165) is 19.0 Å². The Morgan fingerprint density at radius 1 is 1.48 bits per heavy atom. The van der Waals surface area contributed by atoms with Crippen LogP contribution in [-0.4, -0.2) is 34.7 Å².